The maximum Gasteiger partial charge on any atom is 0.250 e. The Bertz CT molecular complexity index is 452. The summed E-state index contributed by atoms with van der Waals surface area (Å²) in [5, 5.41) is -0.555. The van der Waals surface area contributed by atoms with Crippen molar-refractivity contribution >= 4 is 38.2 Å². The van der Waals surface area contributed by atoms with Gasteiger partial charge in [0, 0.05) is 17.8 Å². The molecule has 84 valence electrons. The highest BCUT2D eigenvalue weighted by Crippen LogP contribution is 2.20. The van der Waals surface area contributed by atoms with Gasteiger partial charge in [-0.1, -0.05) is 0 Å². The van der Waals surface area contributed by atoms with Gasteiger partial charge in [0.05, 0.1) is 0 Å². The molecule has 0 aliphatic carbocycles. The number of thiophene rings is 1. The van der Waals surface area contributed by atoms with Crippen LogP contribution in [0.1, 0.15) is 11.3 Å². The van der Waals surface area contributed by atoms with Crippen molar-refractivity contribution in [3.05, 3.63) is 17.0 Å². The van der Waals surface area contributed by atoms with Crippen LogP contribution in [0.15, 0.2) is 16.3 Å². The molecule has 1 aromatic heterocycles. The van der Waals surface area contributed by atoms with Crippen molar-refractivity contribution < 1.29 is 13.2 Å². The molecule has 0 saturated heterocycles. The lowest BCUT2D eigenvalue weighted by Gasteiger charge is -2.01. The fraction of sp³-hybridized carbons (Fsp3) is 0.375. The van der Waals surface area contributed by atoms with E-state index in [0.717, 1.165) is 4.88 Å². The third-order valence-electron chi connectivity index (χ3n) is 1.59. The zero-order valence-electron chi connectivity index (χ0n) is 7.99. The van der Waals surface area contributed by atoms with Gasteiger partial charge in [0.1, 0.15) is 4.21 Å². The highest BCUT2D eigenvalue weighted by atomic mass is 35.5. The van der Waals surface area contributed by atoms with E-state index < -0.39 is 15.3 Å². The summed E-state index contributed by atoms with van der Waals surface area (Å²) in [6.07, 6.45) is -0.00879. The first-order valence-electron chi connectivity index (χ1n) is 4.16. The third kappa shape index (κ3) is 3.90. The Kier molecular flexibility index (Phi) is 4.27. The molecule has 0 aliphatic rings. The third-order valence-corrected chi connectivity index (χ3v) is 4.74. The first-order chi connectivity index (χ1) is 6.92. The summed E-state index contributed by atoms with van der Waals surface area (Å²) in [6.45, 7) is 1.85. The molecular weight excluding hydrogens is 258 g/mol. The molecule has 1 heterocycles. The Morgan fingerprint density at radius 1 is 1.53 bits per heavy atom. The molecule has 0 saturated carbocycles. The molecule has 1 rings (SSSR count). The summed E-state index contributed by atoms with van der Waals surface area (Å²) < 4.78 is 25.7. The predicted molar refractivity (Wildman–Crippen MR) is 59.7 cm³/mol. The van der Waals surface area contributed by atoms with Crippen molar-refractivity contribution in [3.63, 3.8) is 0 Å². The number of carbonyl (C=O) groups is 1. The minimum absolute atomic E-state index is 0.00879. The monoisotopic (exact) mass is 267 g/mol. The zero-order valence-corrected chi connectivity index (χ0v) is 10.4. The number of halogens is 1. The van der Waals surface area contributed by atoms with Gasteiger partial charge in [-0.15, -0.1) is 11.3 Å². The summed E-state index contributed by atoms with van der Waals surface area (Å²) >= 11 is 6.27. The van der Waals surface area contributed by atoms with Crippen LogP contribution in [-0.2, 0) is 14.8 Å². The maximum absolute atomic E-state index is 11.6. The summed E-state index contributed by atoms with van der Waals surface area (Å²) in [5.74, 6) is 0. The Morgan fingerprint density at radius 2 is 2.20 bits per heavy atom. The highest BCUT2D eigenvalue weighted by Gasteiger charge is 2.15. The van der Waals surface area contributed by atoms with Gasteiger partial charge in [-0.05, 0) is 30.7 Å². The summed E-state index contributed by atoms with van der Waals surface area (Å²) in [5.41, 5.74) is 0. The van der Waals surface area contributed by atoms with Crippen LogP contribution in [0.2, 0.25) is 0 Å². The standard InChI is InChI=1S/C8H10ClNO3S2/c1-6-2-3-8(14-6)15(12,13)10-5-4-7(9)11/h2-3,10H,4-5H2,1H3. The number of hydrogen-bond acceptors (Lipinski definition) is 4. The molecule has 0 fully saturated rings. The average molecular weight is 268 g/mol. The van der Waals surface area contributed by atoms with E-state index in [1.165, 1.54) is 17.4 Å². The second-order valence-corrected chi connectivity index (χ2v) is 6.57. The minimum atomic E-state index is -3.48. The molecule has 0 spiro atoms. The molecule has 0 aliphatic heterocycles. The Labute approximate surface area is 97.3 Å². The lowest BCUT2D eigenvalue weighted by molar-refractivity contribution is -0.111. The van der Waals surface area contributed by atoms with Crippen molar-refractivity contribution in [2.24, 2.45) is 0 Å². The normalized spacial score (nSPS) is 11.6. The second kappa shape index (κ2) is 5.07. The number of sulfonamides is 1. The Balaban J connectivity index is 2.64. The van der Waals surface area contributed by atoms with Crippen molar-refractivity contribution in [2.45, 2.75) is 17.6 Å². The van der Waals surface area contributed by atoms with Gasteiger partial charge in [0.2, 0.25) is 15.3 Å². The fourth-order valence-electron chi connectivity index (χ4n) is 0.911. The second-order valence-electron chi connectivity index (χ2n) is 2.87. The first-order valence-corrected chi connectivity index (χ1v) is 6.84. The average Bonchev–Trinajstić information content (AvgIpc) is 2.51. The van der Waals surface area contributed by atoms with E-state index in [-0.39, 0.29) is 17.2 Å². The van der Waals surface area contributed by atoms with E-state index in [1.54, 1.807) is 6.07 Å². The van der Waals surface area contributed by atoms with Crippen molar-refractivity contribution in [3.8, 4) is 0 Å². The van der Waals surface area contributed by atoms with Gasteiger partial charge in [-0.3, -0.25) is 4.79 Å². The molecule has 7 heteroatoms. The van der Waals surface area contributed by atoms with Gasteiger partial charge in [0.25, 0.3) is 0 Å². The number of carbonyl (C=O) groups excluding carboxylic acids is 1. The Hall–Kier alpha value is -0.430. The first kappa shape index (κ1) is 12.6. The molecule has 0 atom stereocenters. The van der Waals surface area contributed by atoms with Crippen LogP contribution >= 0.6 is 22.9 Å². The molecule has 0 amide bonds. The number of rotatable bonds is 5. The molecule has 0 aromatic carbocycles. The highest BCUT2D eigenvalue weighted by molar-refractivity contribution is 7.91. The number of nitrogens with one attached hydrogen (secondary N) is 1. The molecule has 1 aromatic rings. The number of aryl methyl sites for hydroxylation is 1. The van der Waals surface area contributed by atoms with E-state index >= 15 is 0 Å². The smallest absolute Gasteiger partial charge is 0.250 e. The lowest BCUT2D eigenvalue weighted by Crippen LogP contribution is -2.24. The SMILES string of the molecule is Cc1ccc(S(=O)(=O)NCCC(=O)Cl)s1. The molecule has 15 heavy (non-hydrogen) atoms. The van der Waals surface area contributed by atoms with Crippen LogP contribution in [0.25, 0.3) is 0 Å². The van der Waals surface area contributed by atoms with Crippen molar-refractivity contribution in [2.75, 3.05) is 6.54 Å². The fourth-order valence-corrected chi connectivity index (χ4v) is 3.37. The van der Waals surface area contributed by atoms with Crippen LogP contribution in [-0.4, -0.2) is 20.2 Å². The summed E-state index contributed by atoms with van der Waals surface area (Å²) in [6, 6.07) is 3.26. The minimum Gasteiger partial charge on any atom is -0.281 e. The zero-order chi connectivity index (χ0) is 11.5. The molecule has 0 radical (unpaired) electrons. The van der Waals surface area contributed by atoms with Gasteiger partial charge < -0.3 is 0 Å². The van der Waals surface area contributed by atoms with Gasteiger partial charge in [-0.25, -0.2) is 13.1 Å². The summed E-state index contributed by atoms with van der Waals surface area (Å²) in [4.78, 5) is 11.3. The summed E-state index contributed by atoms with van der Waals surface area (Å²) in [7, 11) is -3.48. The van der Waals surface area contributed by atoms with Crippen LogP contribution in [0.5, 0.6) is 0 Å². The van der Waals surface area contributed by atoms with Crippen LogP contribution in [0, 0.1) is 6.92 Å². The van der Waals surface area contributed by atoms with Crippen LogP contribution < -0.4 is 4.72 Å². The number of hydrogen-bond donors (Lipinski definition) is 1. The largest absolute Gasteiger partial charge is 0.281 e. The van der Waals surface area contributed by atoms with Gasteiger partial charge in [-0.2, -0.15) is 0 Å². The molecule has 0 bridgehead atoms. The molecular formula is C8H10ClNO3S2. The van der Waals surface area contributed by atoms with Crippen LogP contribution in [0.4, 0.5) is 0 Å². The predicted octanol–water partition coefficient (Wildman–Crippen LogP) is 1.49. The molecule has 1 N–H and O–H groups in total. The van der Waals surface area contributed by atoms with E-state index in [2.05, 4.69) is 4.72 Å². The van der Waals surface area contributed by atoms with E-state index in [9.17, 15) is 13.2 Å². The van der Waals surface area contributed by atoms with Crippen molar-refractivity contribution in [1.82, 2.24) is 4.72 Å². The van der Waals surface area contributed by atoms with Gasteiger partial charge in [0.15, 0.2) is 0 Å². The van der Waals surface area contributed by atoms with E-state index in [0.29, 0.717) is 0 Å². The van der Waals surface area contributed by atoms with Gasteiger partial charge >= 0.3 is 0 Å². The molecule has 4 nitrogen and oxygen atoms in total. The molecule has 0 unspecified atom stereocenters. The Morgan fingerprint density at radius 3 is 2.67 bits per heavy atom. The topological polar surface area (TPSA) is 63.2 Å². The van der Waals surface area contributed by atoms with Crippen LogP contribution in [0.3, 0.4) is 0 Å². The lowest BCUT2D eigenvalue weighted by atomic mass is 10.5. The maximum atomic E-state index is 11.6. The quantitative estimate of drug-likeness (QED) is 0.822. The van der Waals surface area contributed by atoms with E-state index in [1.807, 2.05) is 6.92 Å². The van der Waals surface area contributed by atoms with E-state index in [4.69, 9.17) is 11.6 Å². The van der Waals surface area contributed by atoms with Crippen molar-refractivity contribution in [1.29, 1.82) is 0 Å².